The Bertz CT molecular complexity index is 177. The Kier molecular flexibility index (Phi) is 4.47. The van der Waals surface area contributed by atoms with Crippen LogP contribution in [-0.2, 0) is 0 Å². The first-order valence-electron chi connectivity index (χ1n) is 3.11. The summed E-state index contributed by atoms with van der Waals surface area (Å²) in [6.07, 6.45) is 0. The molecule has 10 heavy (non-hydrogen) atoms. The number of benzene rings is 1. The van der Waals surface area contributed by atoms with E-state index in [-0.39, 0.29) is 26.3 Å². The normalized spacial score (nSPS) is 11.8. The zero-order chi connectivity index (χ0) is 6.69. The molecule has 0 aliphatic rings. The largest absolute Gasteiger partial charge is 1.00 e. The molecular weight excluding hydrogens is 117 g/mol. The van der Waals surface area contributed by atoms with E-state index in [9.17, 15) is 0 Å². The van der Waals surface area contributed by atoms with Gasteiger partial charge in [-0.15, -0.1) is 0 Å². The number of hydrogen-bond donors (Lipinski definition) is 1. The second kappa shape index (κ2) is 4.57. The predicted molar refractivity (Wildman–Crippen MR) is 40.2 cm³/mol. The van der Waals surface area contributed by atoms with Crippen LogP contribution in [0.3, 0.4) is 0 Å². The van der Waals surface area contributed by atoms with E-state index in [2.05, 4.69) is 0 Å². The van der Waals surface area contributed by atoms with Crippen LogP contribution < -0.4 is 24.6 Å². The van der Waals surface area contributed by atoms with Crippen molar-refractivity contribution in [1.82, 2.24) is 0 Å². The number of hydrogen-bond acceptors (Lipinski definition) is 1. The summed E-state index contributed by atoms with van der Waals surface area (Å²) in [6.45, 7) is 1.98. The van der Waals surface area contributed by atoms with Gasteiger partial charge in [-0.05, 0) is 12.5 Å². The number of nitrogens with two attached hydrogens (primary N) is 1. The first-order valence-corrected chi connectivity index (χ1v) is 3.11. The van der Waals surface area contributed by atoms with Crippen LogP contribution in [0.2, 0.25) is 0 Å². The van der Waals surface area contributed by atoms with E-state index in [0.717, 1.165) is 0 Å². The Balaban J connectivity index is 0. The monoisotopic (exact) mass is 129 g/mol. The molecule has 1 aromatic rings. The first kappa shape index (κ1) is 9.78. The molecule has 1 unspecified atom stereocenters. The van der Waals surface area contributed by atoms with E-state index in [1.54, 1.807) is 0 Å². The van der Waals surface area contributed by atoms with Crippen molar-refractivity contribution >= 4 is 0 Å². The van der Waals surface area contributed by atoms with Gasteiger partial charge >= 0.3 is 18.9 Å². The van der Waals surface area contributed by atoms with Crippen LogP contribution in [0.5, 0.6) is 0 Å². The van der Waals surface area contributed by atoms with Gasteiger partial charge in [-0.3, -0.25) is 0 Å². The van der Waals surface area contributed by atoms with Crippen molar-refractivity contribution in [2.75, 3.05) is 0 Å². The van der Waals surface area contributed by atoms with Crippen LogP contribution in [0.15, 0.2) is 30.3 Å². The van der Waals surface area contributed by atoms with Crippen molar-refractivity contribution < 1.29 is 20.3 Å². The molecule has 50 valence electrons. The molecule has 0 aliphatic heterocycles. The van der Waals surface area contributed by atoms with Crippen molar-refractivity contribution in [3.8, 4) is 0 Å². The molecule has 0 amide bonds. The van der Waals surface area contributed by atoms with Gasteiger partial charge in [0.2, 0.25) is 0 Å². The molecule has 1 nitrogen and oxygen atoms in total. The smallest absolute Gasteiger partial charge is 1.00 e. The summed E-state index contributed by atoms with van der Waals surface area (Å²) in [5.41, 5.74) is 6.81. The quantitative estimate of drug-likeness (QED) is 0.475. The Morgan fingerprint density at radius 2 is 1.80 bits per heavy atom. The van der Waals surface area contributed by atoms with Gasteiger partial charge in [-0.2, -0.15) is 0 Å². The van der Waals surface area contributed by atoms with Gasteiger partial charge in [0, 0.05) is 6.04 Å². The van der Waals surface area contributed by atoms with Gasteiger partial charge in [0.1, 0.15) is 0 Å². The van der Waals surface area contributed by atoms with Crippen LogP contribution in [0, 0.1) is 0 Å². The third-order valence-corrected chi connectivity index (χ3v) is 1.33. The van der Waals surface area contributed by atoms with Crippen molar-refractivity contribution in [2.24, 2.45) is 5.73 Å². The zero-order valence-electron chi connectivity index (χ0n) is 7.54. The predicted octanol–water partition coefficient (Wildman–Crippen LogP) is -1.18. The van der Waals surface area contributed by atoms with Crippen LogP contribution in [0.1, 0.15) is 20.0 Å². The van der Waals surface area contributed by atoms with Gasteiger partial charge in [0.25, 0.3) is 0 Å². The fraction of sp³-hybridized carbons (Fsp3) is 0.250. The second-order valence-corrected chi connectivity index (χ2v) is 2.20. The molecule has 0 radical (unpaired) electrons. The molecule has 1 aromatic carbocycles. The molecule has 0 spiro atoms. The van der Waals surface area contributed by atoms with Crippen molar-refractivity contribution in [3.05, 3.63) is 35.9 Å². The van der Waals surface area contributed by atoms with Gasteiger partial charge in [-0.25, -0.2) is 0 Å². The van der Waals surface area contributed by atoms with E-state index in [1.165, 1.54) is 5.56 Å². The minimum absolute atomic E-state index is 0. The summed E-state index contributed by atoms with van der Waals surface area (Å²) in [4.78, 5) is 0. The molecule has 0 saturated carbocycles. The fourth-order valence-corrected chi connectivity index (χ4v) is 0.757. The molecule has 0 fully saturated rings. The maximum atomic E-state index is 5.61. The van der Waals surface area contributed by atoms with Crippen molar-refractivity contribution in [1.29, 1.82) is 0 Å². The summed E-state index contributed by atoms with van der Waals surface area (Å²) in [7, 11) is 0. The third kappa shape index (κ3) is 2.58. The third-order valence-electron chi connectivity index (χ3n) is 1.33. The first-order chi connectivity index (χ1) is 4.30. The summed E-state index contributed by atoms with van der Waals surface area (Å²) >= 11 is 0. The van der Waals surface area contributed by atoms with Gasteiger partial charge in [0.15, 0.2) is 0 Å². The molecule has 0 heterocycles. The summed E-state index contributed by atoms with van der Waals surface area (Å²) < 4.78 is 0. The average molecular weight is 129 g/mol. The maximum absolute atomic E-state index is 5.61. The Labute approximate surface area is 75.3 Å². The van der Waals surface area contributed by atoms with E-state index >= 15 is 0 Å². The second-order valence-electron chi connectivity index (χ2n) is 2.20. The Hall–Kier alpha value is -0.223. The van der Waals surface area contributed by atoms with Crippen molar-refractivity contribution in [3.63, 3.8) is 0 Å². The van der Waals surface area contributed by atoms with Gasteiger partial charge < -0.3 is 7.16 Å². The van der Waals surface area contributed by atoms with Gasteiger partial charge in [0.05, 0.1) is 0 Å². The Morgan fingerprint density at radius 3 is 2.10 bits per heavy atom. The summed E-state index contributed by atoms with van der Waals surface area (Å²) in [6, 6.07) is 10.2. The van der Waals surface area contributed by atoms with Crippen LogP contribution >= 0.6 is 0 Å². The molecule has 1 atom stereocenters. The molecule has 0 bridgehead atoms. The van der Waals surface area contributed by atoms with Crippen LogP contribution in [-0.4, -0.2) is 0 Å². The topological polar surface area (TPSA) is 26.0 Å². The van der Waals surface area contributed by atoms with Crippen molar-refractivity contribution in [2.45, 2.75) is 13.0 Å². The molecule has 2 N–H and O–H groups in total. The maximum Gasteiger partial charge on any atom is 1.00 e. The SMILES string of the molecule is CC(N)c1ccccc1.[H-].[Li+]. The minimum atomic E-state index is 0. The van der Waals surface area contributed by atoms with Crippen LogP contribution in [0.4, 0.5) is 0 Å². The molecule has 0 aliphatic carbocycles. The summed E-state index contributed by atoms with van der Waals surface area (Å²) in [5.74, 6) is 0. The molecular formula is C8H12LiN. The minimum Gasteiger partial charge on any atom is -1.00 e. The van der Waals surface area contributed by atoms with Crippen LogP contribution in [0.25, 0.3) is 0 Å². The zero-order valence-corrected chi connectivity index (χ0v) is 6.54. The van der Waals surface area contributed by atoms with E-state index in [1.807, 2.05) is 37.3 Å². The fourth-order valence-electron chi connectivity index (χ4n) is 0.757. The van der Waals surface area contributed by atoms with E-state index in [4.69, 9.17) is 5.73 Å². The molecule has 1 rings (SSSR count). The standard InChI is InChI=1S/C8H11N.Li.H/c1-7(9)8-5-3-2-4-6-8;;/h2-7H,9H2,1H3;;/q;+1;-1. The average Bonchev–Trinajstić information content (AvgIpc) is 1.90. The molecule has 0 aromatic heterocycles. The van der Waals surface area contributed by atoms with E-state index in [0.29, 0.717) is 0 Å². The summed E-state index contributed by atoms with van der Waals surface area (Å²) in [5, 5.41) is 0. The molecule has 0 saturated heterocycles. The van der Waals surface area contributed by atoms with Gasteiger partial charge in [-0.1, -0.05) is 30.3 Å². The van der Waals surface area contributed by atoms with E-state index < -0.39 is 0 Å². The molecule has 2 heteroatoms. The number of rotatable bonds is 1. The Morgan fingerprint density at radius 1 is 1.30 bits per heavy atom.